The molecule has 2 aromatic heterocycles. The van der Waals surface area contributed by atoms with Crippen molar-refractivity contribution < 1.29 is 19.0 Å². The van der Waals surface area contributed by atoms with E-state index in [4.69, 9.17) is 4.74 Å². The molecule has 10 heteroatoms. The van der Waals surface area contributed by atoms with Gasteiger partial charge in [-0.1, -0.05) is 0 Å². The molecular formula is C24H25FN6O3. The van der Waals surface area contributed by atoms with E-state index in [1.165, 1.54) is 32.2 Å². The fourth-order valence-corrected chi connectivity index (χ4v) is 4.39. The van der Waals surface area contributed by atoms with Crippen LogP contribution in [0.5, 0.6) is 5.75 Å². The van der Waals surface area contributed by atoms with Gasteiger partial charge in [-0.25, -0.2) is 19.2 Å². The maximum atomic E-state index is 14.5. The van der Waals surface area contributed by atoms with Gasteiger partial charge in [-0.2, -0.15) is 0 Å². The third kappa shape index (κ3) is 4.61. The summed E-state index contributed by atoms with van der Waals surface area (Å²) in [6, 6.07) is 6.23. The molecule has 0 bridgehead atoms. The van der Waals surface area contributed by atoms with E-state index in [1.54, 1.807) is 12.1 Å². The van der Waals surface area contributed by atoms with Crippen LogP contribution in [-0.2, 0) is 0 Å². The minimum atomic E-state index is -1.19. The lowest BCUT2D eigenvalue weighted by Crippen LogP contribution is -2.22. The molecule has 0 saturated heterocycles. The van der Waals surface area contributed by atoms with Crippen LogP contribution in [0.4, 0.5) is 16.2 Å². The lowest BCUT2D eigenvalue weighted by atomic mass is 10.0. The summed E-state index contributed by atoms with van der Waals surface area (Å²) in [6.45, 7) is 0. The number of carboxylic acid groups (broad SMARTS) is 1. The number of carboxylic acids is 1. The number of hydrogen-bond donors (Lipinski definition) is 3. The van der Waals surface area contributed by atoms with Crippen molar-refractivity contribution in [3.63, 3.8) is 0 Å². The Balaban J connectivity index is 1.22. The second kappa shape index (κ2) is 9.20. The van der Waals surface area contributed by atoms with Gasteiger partial charge in [0.15, 0.2) is 0 Å². The van der Waals surface area contributed by atoms with Gasteiger partial charge >= 0.3 is 5.97 Å². The monoisotopic (exact) mass is 464 g/mol. The van der Waals surface area contributed by atoms with Crippen molar-refractivity contribution in [3.8, 4) is 16.9 Å². The third-order valence-electron chi connectivity index (χ3n) is 6.29. The molecule has 2 heterocycles. The molecule has 0 spiro atoms. The molecule has 2 atom stereocenters. The van der Waals surface area contributed by atoms with Crippen molar-refractivity contribution in [2.75, 3.05) is 17.7 Å². The molecule has 176 valence electrons. The number of methoxy groups -OCH3 is 1. The van der Waals surface area contributed by atoms with E-state index in [0.717, 1.165) is 31.0 Å². The molecule has 0 amide bonds. The lowest BCUT2D eigenvalue weighted by Gasteiger charge is -2.16. The average molecular weight is 465 g/mol. The van der Waals surface area contributed by atoms with E-state index in [1.807, 2.05) is 6.20 Å². The molecule has 3 N–H and O–H groups in total. The molecule has 2 saturated carbocycles. The molecule has 5 rings (SSSR count). The first-order valence-corrected chi connectivity index (χ1v) is 11.3. The van der Waals surface area contributed by atoms with Crippen LogP contribution in [0.15, 0.2) is 36.7 Å². The first-order chi connectivity index (χ1) is 16.5. The molecule has 2 fully saturated rings. The average Bonchev–Trinajstić information content (AvgIpc) is 3.60. The topological polar surface area (TPSA) is 122 Å². The predicted octanol–water partition coefficient (Wildman–Crippen LogP) is 4.10. The van der Waals surface area contributed by atoms with E-state index in [0.29, 0.717) is 23.2 Å². The van der Waals surface area contributed by atoms with Crippen LogP contribution in [0.3, 0.4) is 0 Å². The molecule has 9 nitrogen and oxygen atoms in total. The van der Waals surface area contributed by atoms with Gasteiger partial charge in [0, 0.05) is 29.8 Å². The van der Waals surface area contributed by atoms with Crippen LogP contribution < -0.4 is 15.4 Å². The smallest absolute Gasteiger partial charge is 0.339 e. The fraction of sp³-hybridized carbons (Fsp3) is 0.375. The zero-order valence-electron chi connectivity index (χ0n) is 18.7. The van der Waals surface area contributed by atoms with Crippen molar-refractivity contribution in [3.05, 3.63) is 53.7 Å². The highest BCUT2D eigenvalue weighted by Gasteiger charge is 2.28. The van der Waals surface area contributed by atoms with Crippen LogP contribution in [0, 0.1) is 5.82 Å². The second-order valence-corrected chi connectivity index (χ2v) is 8.72. The number of aromatic carboxylic acids is 1. The molecular weight excluding hydrogens is 439 g/mol. The molecule has 34 heavy (non-hydrogen) atoms. The lowest BCUT2D eigenvalue weighted by molar-refractivity contribution is 0.0693. The Labute approximate surface area is 195 Å². The molecule has 0 radical (unpaired) electrons. The molecule has 0 aliphatic heterocycles. The first-order valence-electron chi connectivity index (χ1n) is 11.3. The minimum absolute atomic E-state index is 0.0263. The Morgan fingerprint density at radius 1 is 1.03 bits per heavy atom. The first kappa shape index (κ1) is 22.0. The summed E-state index contributed by atoms with van der Waals surface area (Å²) in [5.74, 6) is -0.0371. The van der Waals surface area contributed by atoms with Gasteiger partial charge in [0.05, 0.1) is 24.6 Å². The van der Waals surface area contributed by atoms with Crippen molar-refractivity contribution >= 4 is 17.7 Å². The zero-order valence-corrected chi connectivity index (χ0v) is 18.7. The van der Waals surface area contributed by atoms with E-state index in [9.17, 15) is 14.3 Å². The van der Waals surface area contributed by atoms with Crippen molar-refractivity contribution in [2.24, 2.45) is 0 Å². The Hall–Kier alpha value is -3.82. The Bertz CT molecular complexity index is 1180. The van der Waals surface area contributed by atoms with Crippen LogP contribution in [0.1, 0.15) is 54.1 Å². The maximum absolute atomic E-state index is 14.5. The minimum Gasteiger partial charge on any atom is -0.495 e. The summed E-state index contributed by atoms with van der Waals surface area (Å²) < 4.78 is 19.7. The standard InChI is InChI=1S/C24H25FN6O3/c1-34-22-17(23(32)33)7-8-18(25)21(22)14-4-9-20(26-11-14)28-15-5-6-16(10-15)29-24-27-12-19(30-31-24)13-2-3-13/h4,7-9,11-13,15-16H,2-3,5-6,10H2,1H3,(H,26,28)(H,32,33)(H,27,29,31)/t15-,16-/m0/s1. The molecule has 3 aromatic rings. The van der Waals surface area contributed by atoms with Crippen LogP contribution >= 0.6 is 0 Å². The number of carbonyl (C=O) groups is 1. The van der Waals surface area contributed by atoms with Gasteiger partial charge in [0.25, 0.3) is 0 Å². The van der Waals surface area contributed by atoms with Crippen molar-refractivity contribution in [1.82, 2.24) is 20.2 Å². The van der Waals surface area contributed by atoms with Gasteiger partial charge in [-0.3, -0.25) is 0 Å². The van der Waals surface area contributed by atoms with Gasteiger partial charge in [0.1, 0.15) is 22.9 Å². The number of rotatable bonds is 8. The zero-order chi connectivity index (χ0) is 23.7. The molecule has 1 aromatic carbocycles. The number of halogens is 1. The van der Waals surface area contributed by atoms with Gasteiger partial charge in [-0.05, 0) is 56.4 Å². The highest BCUT2D eigenvalue weighted by Crippen LogP contribution is 2.38. The predicted molar refractivity (Wildman–Crippen MR) is 124 cm³/mol. The number of nitrogens with one attached hydrogen (secondary N) is 2. The summed E-state index contributed by atoms with van der Waals surface area (Å²) in [5, 5.41) is 24.6. The van der Waals surface area contributed by atoms with Gasteiger partial charge < -0.3 is 20.5 Å². The second-order valence-electron chi connectivity index (χ2n) is 8.72. The van der Waals surface area contributed by atoms with Crippen molar-refractivity contribution in [2.45, 2.75) is 50.1 Å². The quantitative estimate of drug-likeness (QED) is 0.452. The normalized spacial score (nSPS) is 19.6. The summed E-state index contributed by atoms with van der Waals surface area (Å²) in [4.78, 5) is 20.3. The summed E-state index contributed by atoms with van der Waals surface area (Å²) in [7, 11) is 1.32. The van der Waals surface area contributed by atoms with Crippen LogP contribution in [0.25, 0.3) is 11.1 Å². The number of pyridine rings is 1. The van der Waals surface area contributed by atoms with Crippen LogP contribution in [-0.4, -0.2) is 50.4 Å². The molecule has 0 unspecified atom stereocenters. The van der Waals surface area contributed by atoms with Gasteiger partial charge in [0.2, 0.25) is 5.95 Å². The Morgan fingerprint density at radius 3 is 2.44 bits per heavy atom. The number of anilines is 2. The van der Waals surface area contributed by atoms with Crippen LogP contribution in [0.2, 0.25) is 0 Å². The highest BCUT2D eigenvalue weighted by atomic mass is 19.1. The number of aromatic nitrogens is 4. The Morgan fingerprint density at radius 2 is 1.82 bits per heavy atom. The highest BCUT2D eigenvalue weighted by molar-refractivity contribution is 5.94. The fourth-order valence-electron chi connectivity index (χ4n) is 4.39. The number of hydrogen-bond acceptors (Lipinski definition) is 8. The number of nitrogens with zero attached hydrogens (tertiary/aromatic N) is 4. The van der Waals surface area contributed by atoms with Crippen molar-refractivity contribution in [1.29, 1.82) is 0 Å². The SMILES string of the molecule is COc1c(C(=O)O)ccc(F)c1-c1ccc(N[C@H]2CC[C@H](Nc3ncc(C4CC4)nn3)C2)nc1. The summed E-state index contributed by atoms with van der Waals surface area (Å²) in [5.41, 5.74) is 1.38. The van der Waals surface area contributed by atoms with Gasteiger partial charge in [-0.15, -0.1) is 10.2 Å². The third-order valence-corrected chi connectivity index (χ3v) is 6.29. The van der Waals surface area contributed by atoms with E-state index in [-0.39, 0.29) is 29.0 Å². The van der Waals surface area contributed by atoms with E-state index in [2.05, 4.69) is 30.8 Å². The summed E-state index contributed by atoms with van der Waals surface area (Å²) in [6.07, 6.45) is 8.47. The maximum Gasteiger partial charge on any atom is 0.339 e. The molecule has 2 aliphatic rings. The van der Waals surface area contributed by atoms with E-state index < -0.39 is 11.8 Å². The summed E-state index contributed by atoms with van der Waals surface area (Å²) >= 11 is 0. The largest absolute Gasteiger partial charge is 0.495 e. The van der Waals surface area contributed by atoms with E-state index >= 15 is 0 Å². The number of ether oxygens (including phenoxy) is 1. The Kier molecular flexibility index (Phi) is 5.95. The number of benzene rings is 1. The molecule has 2 aliphatic carbocycles.